The van der Waals surface area contributed by atoms with E-state index in [2.05, 4.69) is 12.1 Å². The molecule has 0 unspecified atom stereocenters. The molecule has 0 spiro atoms. The van der Waals surface area contributed by atoms with Gasteiger partial charge in [-0.3, -0.25) is 0 Å². The summed E-state index contributed by atoms with van der Waals surface area (Å²) in [6, 6.07) is 20.2. The van der Waals surface area contributed by atoms with Crippen molar-refractivity contribution < 1.29 is 3.82 Å². The van der Waals surface area contributed by atoms with Crippen LogP contribution in [0, 0.1) is 0 Å². The number of hydrogen-bond acceptors (Lipinski definition) is 1. The minimum absolute atomic E-state index is 0.0720. The molecule has 2 aromatic rings. The molecule has 0 aliphatic heterocycles. The van der Waals surface area contributed by atoms with Gasteiger partial charge >= 0.3 is 90.0 Å². The van der Waals surface area contributed by atoms with Gasteiger partial charge in [-0.1, -0.05) is 0 Å². The predicted molar refractivity (Wildman–Crippen MR) is 58.9 cm³/mol. The Morgan fingerprint density at radius 3 is 1.93 bits per heavy atom. The molecule has 2 aromatic carbocycles. The molecular weight excluding hydrogens is 239 g/mol. The van der Waals surface area contributed by atoms with E-state index in [0.717, 1.165) is 5.75 Å². The van der Waals surface area contributed by atoms with Crippen molar-refractivity contribution in [1.82, 2.24) is 0 Å². The molecule has 0 fully saturated rings. The molecule has 0 heterocycles. The fourth-order valence-corrected chi connectivity index (χ4v) is 2.25. The van der Waals surface area contributed by atoms with Crippen LogP contribution in [0.1, 0.15) is 0 Å². The summed E-state index contributed by atoms with van der Waals surface area (Å²) in [4.78, 5) is 0. The SMILES string of the molecule is c1ccc(O[Se]c2ccccc2)cc1. The van der Waals surface area contributed by atoms with Crippen LogP contribution in [0.2, 0.25) is 0 Å². The van der Waals surface area contributed by atoms with Crippen LogP contribution < -0.4 is 8.28 Å². The standard InChI is InChI=1S/C12H10OSe/c1-3-7-11(8-4-1)13-14-12-9-5-2-6-10-12/h1-10H. The Hall–Kier alpha value is -1.24. The van der Waals surface area contributed by atoms with Crippen molar-refractivity contribution in [3.63, 3.8) is 0 Å². The van der Waals surface area contributed by atoms with E-state index >= 15 is 0 Å². The van der Waals surface area contributed by atoms with Gasteiger partial charge in [0, 0.05) is 0 Å². The van der Waals surface area contributed by atoms with Crippen molar-refractivity contribution >= 4 is 19.7 Å². The number of para-hydroxylation sites is 1. The molecule has 0 amide bonds. The molecule has 0 saturated carbocycles. The van der Waals surface area contributed by atoms with Crippen molar-refractivity contribution in [3.05, 3.63) is 60.7 Å². The van der Waals surface area contributed by atoms with E-state index in [-0.39, 0.29) is 15.3 Å². The van der Waals surface area contributed by atoms with Crippen LogP contribution in [-0.4, -0.2) is 15.3 Å². The van der Waals surface area contributed by atoms with Crippen molar-refractivity contribution in [2.45, 2.75) is 0 Å². The molecule has 0 bridgehead atoms. The van der Waals surface area contributed by atoms with E-state index < -0.39 is 0 Å². The molecule has 0 aromatic heterocycles. The Morgan fingerprint density at radius 2 is 1.29 bits per heavy atom. The molecule has 0 aliphatic carbocycles. The van der Waals surface area contributed by atoms with Crippen LogP contribution in [0.3, 0.4) is 0 Å². The van der Waals surface area contributed by atoms with E-state index in [0.29, 0.717) is 0 Å². The molecular formula is C12H10OSe. The number of benzene rings is 2. The van der Waals surface area contributed by atoms with Crippen LogP contribution >= 0.6 is 0 Å². The summed E-state index contributed by atoms with van der Waals surface area (Å²) in [6.07, 6.45) is 0. The van der Waals surface area contributed by atoms with Crippen molar-refractivity contribution in [2.75, 3.05) is 0 Å². The molecule has 0 aliphatic rings. The molecule has 0 atom stereocenters. The third-order valence-electron chi connectivity index (χ3n) is 1.72. The summed E-state index contributed by atoms with van der Waals surface area (Å²) in [7, 11) is 0. The molecule has 14 heavy (non-hydrogen) atoms. The zero-order chi connectivity index (χ0) is 9.64. The first kappa shape index (κ1) is 9.32. The van der Waals surface area contributed by atoms with Crippen LogP contribution in [0.25, 0.3) is 0 Å². The summed E-state index contributed by atoms with van der Waals surface area (Å²) >= 11 is 0.0720. The van der Waals surface area contributed by atoms with Crippen molar-refractivity contribution in [2.24, 2.45) is 0 Å². The molecule has 0 radical (unpaired) electrons. The molecule has 70 valence electrons. The predicted octanol–water partition coefficient (Wildman–Crippen LogP) is 2.01. The third-order valence-corrected chi connectivity index (χ3v) is 3.27. The van der Waals surface area contributed by atoms with Crippen molar-refractivity contribution in [1.29, 1.82) is 0 Å². The van der Waals surface area contributed by atoms with Gasteiger partial charge in [0.25, 0.3) is 0 Å². The van der Waals surface area contributed by atoms with Crippen LogP contribution in [0.4, 0.5) is 0 Å². The van der Waals surface area contributed by atoms with Crippen LogP contribution in [-0.2, 0) is 0 Å². The van der Waals surface area contributed by atoms with Gasteiger partial charge in [-0.25, -0.2) is 0 Å². The average Bonchev–Trinajstić information content (AvgIpc) is 2.29. The van der Waals surface area contributed by atoms with Crippen molar-refractivity contribution in [3.8, 4) is 5.75 Å². The Kier molecular flexibility index (Phi) is 3.23. The zero-order valence-electron chi connectivity index (χ0n) is 7.59. The summed E-state index contributed by atoms with van der Waals surface area (Å²) in [5, 5.41) is 0. The quantitative estimate of drug-likeness (QED) is 0.756. The van der Waals surface area contributed by atoms with E-state index in [4.69, 9.17) is 3.82 Å². The molecule has 0 saturated heterocycles. The van der Waals surface area contributed by atoms with Gasteiger partial charge in [0.15, 0.2) is 0 Å². The average molecular weight is 249 g/mol. The van der Waals surface area contributed by atoms with Gasteiger partial charge in [-0.2, -0.15) is 0 Å². The molecule has 0 N–H and O–H groups in total. The summed E-state index contributed by atoms with van der Waals surface area (Å²) in [5.74, 6) is 0.941. The van der Waals surface area contributed by atoms with Gasteiger partial charge in [-0.05, 0) is 0 Å². The Morgan fingerprint density at radius 1 is 0.714 bits per heavy atom. The van der Waals surface area contributed by atoms with Gasteiger partial charge in [0.05, 0.1) is 0 Å². The number of hydrogen-bond donors (Lipinski definition) is 0. The van der Waals surface area contributed by atoms with Gasteiger partial charge in [0.1, 0.15) is 0 Å². The minimum atomic E-state index is 0.0720. The summed E-state index contributed by atoms with van der Waals surface area (Å²) in [6.45, 7) is 0. The topological polar surface area (TPSA) is 9.23 Å². The number of rotatable bonds is 3. The second kappa shape index (κ2) is 4.85. The first-order valence-corrected chi connectivity index (χ1v) is 5.95. The normalized spacial score (nSPS) is 9.71. The third kappa shape index (κ3) is 2.62. The van der Waals surface area contributed by atoms with E-state index in [1.807, 2.05) is 48.5 Å². The molecule has 1 nitrogen and oxygen atoms in total. The van der Waals surface area contributed by atoms with Gasteiger partial charge in [-0.15, -0.1) is 0 Å². The summed E-state index contributed by atoms with van der Waals surface area (Å²) in [5.41, 5.74) is 0. The van der Waals surface area contributed by atoms with E-state index in [1.165, 1.54) is 4.46 Å². The first-order valence-electron chi connectivity index (χ1n) is 4.40. The fraction of sp³-hybridized carbons (Fsp3) is 0. The molecule has 2 rings (SSSR count). The van der Waals surface area contributed by atoms with Crippen LogP contribution in [0.5, 0.6) is 5.75 Å². The maximum atomic E-state index is 5.65. The van der Waals surface area contributed by atoms with E-state index in [1.54, 1.807) is 0 Å². The Bertz CT molecular complexity index is 333. The fourth-order valence-electron chi connectivity index (χ4n) is 1.05. The van der Waals surface area contributed by atoms with Gasteiger partial charge < -0.3 is 0 Å². The second-order valence-corrected chi connectivity index (χ2v) is 4.48. The van der Waals surface area contributed by atoms with E-state index in [9.17, 15) is 0 Å². The second-order valence-electron chi connectivity index (χ2n) is 2.79. The Labute approximate surface area is 90.2 Å². The maximum absolute atomic E-state index is 5.65. The molecule has 2 heteroatoms. The Balaban J connectivity index is 1.96. The van der Waals surface area contributed by atoms with Gasteiger partial charge in [0.2, 0.25) is 0 Å². The zero-order valence-corrected chi connectivity index (χ0v) is 9.30. The van der Waals surface area contributed by atoms with Crippen LogP contribution in [0.15, 0.2) is 60.7 Å². The monoisotopic (exact) mass is 250 g/mol. The first-order chi connectivity index (χ1) is 6.95. The summed E-state index contributed by atoms with van der Waals surface area (Å²) < 4.78 is 6.91.